The first kappa shape index (κ1) is 15.1. The van der Waals surface area contributed by atoms with E-state index < -0.39 is 0 Å². The first-order valence-corrected chi connectivity index (χ1v) is 8.30. The summed E-state index contributed by atoms with van der Waals surface area (Å²) in [5, 5.41) is 3.06. The number of benzene rings is 2. The Labute approximate surface area is 141 Å². The molecule has 2 aromatic carbocycles. The average Bonchev–Trinajstić information content (AvgIpc) is 3.02. The molecule has 3 atom stereocenters. The highest BCUT2D eigenvalue weighted by Crippen LogP contribution is 2.49. The molecule has 0 spiro atoms. The van der Waals surface area contributed by atoms with Gasteiger partial charge in [-0.3, -0.25) is 4.79 Å². The summed E-state index contributed by atoms with van der Waals surface area (Å²) in [6.07, 6.45) is 0.842. The minimum Gasteiger partial charge on any atom is -0.493 e. The van der Waals surface area contributed by atoms with Gasteiger partial charge in [0.2, 0.25) is 5.91 Å². The van der Waals surface area contributed by atoms with E-state index in [1.807, 2.05) is 24.3 Å². The van der Waals surface area contributed by atoms with Crippen molar-refractivity contribution < 1.29 is 14.3 Å². The second-order valence-electron chi connectivity index (χ2n) is 6.50. The molecule has 1 heterocycles. The number of amides is 1. The maximum atomic E-state index is 12.5. The van der Waals surface area contributed by atoms with Gasteiger partial charge in [-0.05, 0) is 35.2 Å². The lowest BCUT2D eigenvalue weighted by Gasteiger charge is -2.34. The highest BCUT2D eigenvalue weighted by molar-refractivity contribution is 5.84. The normalized spacial score (nSPS) is 24.8. The molecule has 2 aliphatic rings. The van der Waals surface area contributed by atoms with Crippen molar-refractivity contribution in [2.75, 3.05) is 20.8 Å². The first-order chi connectivity index (χ1) is 11.7. The van der Waals surface area contributed by atoms with Gasteiger partial charge in [-0.2, -0.15) is 0 Å². The summed E-state index contributed by atoms with van der Waals surface area (Å²) in [6.45, 7) is 0.690. The SMILES string of the molecule is COc1cc2c(cc1OC)C1CNC(=O)C1C(c1ccccc1)C2. The van der Waals surface area contributed by atoms with Gasteiger partial charge in [0, 0.05) is 18.4 Å². The van der Waals surface area contributed by atoms with Crippen molar-refractivity contribution in [1.82, 2.24) is 5.32 Å². The van der Waals surface area contributed by atoms with Gasteiger partial charge in [-0.15, -0.1) is 0 Å². The molecule has 3 unspecified atom stereocenters. The number of methoxy groups -OCH3 is 2. The van der Waals surface area contributed by atoms with Crippen molar-refractivity contribution in [3.05, 3.63) is 59.2 Å². The minimum atomic E-state index is -0.0157. The molecule has 1 saturated heterocycles. The third-order valence-electron chi connectivity index (χ3n) is 5.38. The summed E-state index contributed by atoms with van der Waals surface area (Å²) in [7, 11) is 3.31. The fourth-order valence-corrected chi connectivity index (χ4v) is 4.25. The van der Waals surface area contributed by atoms with Crippen LogP contribution in [0.15, 0.2) is 42.5 Å². The molecule has 0 radical (unpaired) electrons. The molecule has 1 fully saturated rings. The second-order valence-corrected chi connectivity index (χ2v) is 6.50. The molecule has 4 rings (SSSR count). The van der Waals surface area contributed by atoms with Crippen molar-refractivity contribution in [2.24, 2.45) is 5.92 Å². The fourth-order valence-electron chi connectivity index (χ4n) is 4.25. The van der Waals surface area contributed by atoms with Gasteiger partial charge < -0.3 is 14.8 Å². The second kappa shape index (κ2) is 5.86. The van der Waals surface area contributed by atoms with Crippen LogP contribution in [0.5, 0.6) is 11.5 Å². The van der Waals surface area contributed by atoms with Gasteiger partial charge in [-0.1, -0.05) is 30.3 Å². The minimum absolute atomic E-state index is 0.0157. The highest BCUT2D eigenvalue weighted by atomic mass is 16.5. The summed E-state index contributed by atoms with van der Waals surface area (Å²) in [5.41, 5.74) is 3.69. The number of rotatable bonds is 3. The first-order valence-electron chi connectivity index (χ1n) is 8.30. The molecule has 24 heavy (non-hydrogen) atoms. The molecule has 4 heteroatoms. The zero-order chi connectivity index (χ0) is 16.7. The van der Waals surface area contributed by atoms with Crippen LogP contribution in [0.3, 0.4) is 0 Å². The van der Waals surface area contributed by atoms with Crippen molar-refractivity contribution in [2.45, 2.75) is 18.3 Å². The van der Waals surface area contributed by atoms with Crippen LogP contribution in [0.25, 0.3) is 0 Å². The smallest absolute Gasteiger partial charge is 0.224 e. The average molecular weight is 323 g/mol. The lowest BCUT2D eigenvalue weighted by Crippen LogP contribution is -2.30. The highest BCUT2D eigenvalue weighted by Gasteiger charge is 2.46. The van der Waals surface area contributed by atoms with Crippen molar-refractivity contribution in [3.63, 3.8) is 0 Å². The number of carbonyl (C=O) groups is 1. The Kier molecular flexibility index (Phi) is 3.68. The van der Waals surface area contributed by atoms with Crippen LogP contribution in [0.2, 0.25) is 0 Å². The van der Waals surface area contributed by atoms with Crippen LogP contribution in [0, 0.1) is 5.92 Å². The van der Waals surface area contributed by atoms with Crippen LogP contribution in [0.4, 0.5) is 0 Å². The zero-order valence-corrected chi connectivity index (χ0v) is 13.9. The summed E-state index contributed by atoms with van der Waals surface area (Å²) in [4.78, 5) is 12.5. The molecule has 0 bridgehead atoms. The van der Waals surface area contributed by atoms with E-state index in [9.17, 15) is 4.79 Å². The molecular formula is C20H21NO3. The summed E-state index contributed by atoms with van der Waals surface area (Å²) < 4.78 is 10.9. The zero-order valence-electron chi connectivity index (χ0n) is 13.9. The lowest BCUT2D eigenvalue weighted by molar-refractivity contribution is -0.123. The van der Waals surface area contributed by atoms with Gasteiger partial charge in [-0.25, -0.2) is 0 Å². The van der Waals surface area contributed by atoms with Gasteiger partial charge in [0.25, 0.3) is 0 Å². The third-order valence-corrected chi connectivity index (χ3v) is 5.38. The van der Waals surface area contributed by atoms with Crippen LogP contribution >= 0.6 is 0 Å². The largest absolute Gasteiger partial charge is 0.493 e. The van der Waals surface area contributed by atoms with Crippen LogP contribution < -0.4 is 14.8 Å². The van der Waals surface area contributed by atoms with Crippen molar-refractivity contribution in [3.8, 4) is 11.5 Å². The van der Waals surface area contributed by atoms with E-state index in [1.165, 1.54) is 16.7 Å². The summed E-state index contributed by atoms with van der Waals surface area (Å²) >= 11 is 0. The maximum absolute atomic E-state index is 12.5. The van der Waals surface area contributed by atoms with Crippen molar-refractivity contribution >= 4 is 5.91 Å². The number of ether oxygens (including phenoxy) is 2. The molecule has 2 aromatic rings. The van der Waals surface area contributed by atoms with E-state index in [-0.39, 0.29) is 23.7 Å². The number of carbonyl (C=O) groups excluding carboxylic acids is 1. The Bertz CT molecular complexity index is 772. The topological polar surface area (TPSA) is 47.6 Å². The number of hydrogen-bond acceptors (Lipinski definition) is 3. The van der Waals surface area contributed by atoms with E-state index in [2.05, 4.69) is 23.5 Å². The predicted octanol–water partition coefficient (Wildman–Crippen LogP) is 2.87. The Morgan fingerprint density at radius 2 is 1.71 bits per heavy atom. The van der Waals surface area contributed by atoms with Crippen LogP contribution in [-0.4, -0.2) is 26.7 Å². The summed E-state index contributed by atoms with van der Waals surface area (Å²) in [6, 6.07) is 14.5. The third kappa shape index (κ3) is 2.25. The Morgan fingerprint density at radius 1 is 1.00 bits per heavy atom. The van der Waals surface area contributed by atoms with Gasteiger partial charge in [0.1, 0.15) is 0 Å². The quantitative estimate of drug-likeness (QED) is 0.945. The lowest BCUT2D eigenvalue weighted by atomic mass is 9.68. The van der Waals surface area contributed by atoms with Crippen LogP contribution in [-0.2, 0) is 11.2 Å². The summed E-state index contributed by atoms with van der Waals surface area (Å²) in [5.74, 6) is 2.01. The number of nitrogens with one attached hydrogen (secondary N) is 1. The standard InChI is InChI=1S/C20H21NO3/c1-23-17-9-13-8-15(12-6-4-3-5-7-12)19-16(11-21-20(19)22)14(13)10-18(17)24-2/h3-7,9-10,15-16,19H,8,11H2,1-2H3,(H,21,22). The van der Waals surface area contributed by atoms with Gasteiger partial charge >= 0.3 is 0 Å². The molecule has 124 valence electrons. The number of hydrogen-bond donors (Lipinski definition) is 1. The maximum Gasteiger partial charge on any atom is 0.224 e. The molecule has 1 aliphatic heterocycles. The predicted molar refractivity (Wildman–Crippen MR) is 91.7 cm³/mol. The van der Waals surface area contributed by atoms with E-state index in [4.69, 9.17) is 9.47 Å². The Morgan fingerprint density at radius 3 is 2.42 bits per heavy atom. The fraction of sp³-hybridized carbons (Fsp3) is 0.350. The monoisotopic (exact) mass is 323 g/mol. The van der Waals surface area contributed by atoms with E-state index >= 15 is 0 Å². The van der Waals surface area contributed by atoms with Crippen LogP contribution in [0.1, 0.15) is 28.5 Å². The van der Waals surface area contributed by atoms with Gasteiger partial charge in [0.15, 0.2) is 11.5 Å². The molecular weight excluding hydrogens is 302 g/mol. The number of fused-ring (bicyclic) bond motifs is 3. The molecule has 0 aromatic heterocycles. The van der Waals surface area contributed by atoms with E-state index in [0.29, 0.717) is 6.54 Å². The van der Waals surface area contributed by atoms with Crippen molar-refractivity contribution in [1.29, 1.82) is 0 Å². The molecule has 1 amide bonds. The molecule has 1 N–H and O–H groups in total. The van der Waals surface area contributed by atoms with E-state index in [0.717, 1.165) is 17.9 Å². The molecule has 4 nitrogen and oxygen atoms in total. The Hall–Kier alpha value is -2.49. The van der Waals surface area contributed by atoms with E-state index in [1.54, 1.807) is 14.2 Å². The Balaban J connectivity index is 1.84. The molecule has 0 saturated carbocycles. The molecule has 1 aliphatic carbocycles. The van der Waals surface area contributed by atoms with Gasteiger partial charge in [0.05, 0.1) is 20.1 Å².